The van der Waals surface area contributed by atoms with E-state index in [1.807, 2.05) is 0 Å². The van der Waals surface area contributed by atoms with E-state index in [1.165, 1.54) is 23.2 Å². The molecule has 3 aromatic rings. The molecule has 0 unspecified atom stereocenters. The van der Waals surface area contributed by atoms with Crippen LogP contribution in [0.15, 0.2) is 60.8 Å². The zero-order valence-corrected chi connectivity index (χ0v) is 24.8. The highest BCUT2D eigenvalue weighted by atomic mass is 19.4. The van der Waals surface area contributed by atoms with E-state index in [2.05, 4.69) is 20.9 Å². The molecule has 0 fully saturated rings. The molecule has 248 valence electrons. The maximum atomic E-state index is 13.6. The van der Waals surface area contributed by atoms with Crippen LogP contribution in [0.1, 0.15) is 17.5 Å². The summed E-state index contributed by atoms with van der Waals surface area (Å²) in [5.41, 5.74) is 17.1. The first-order valence-electron chi connectivity index (χ1n) is 14.3. The molecule has 0 aliphatic rings. The Morgan fingerprint density at radius 1 is 0.891 bits per heavy atom. The van der Waals surface area contributed by atoms with Crippen molar-refractivity contribution >= 4 is 40.2 Å². The molecule has 0 aliphatic heterocycles. The Labute approximate surface area is 262 Å². The standard InChI is InChI=1S/C30H37F3N8O5/c31-30(32,33)20-7-5-18(6-8-20)13-24(28(45)38-21-14-19-3-1-2-4-23(19)37-16-21)40-29(46)25(39-27(44)22(36)17-42)15-26(43)41(11-9-34)12-10-35/h1-8,14,16,22,24-25,42H,9-13,15,17,34-36H2,(H,38,45)(H,39,44)(H,40,46)/t22-,24+,25+/m1/s1. The summed E-state index contributed by atoms with van der Waals surface area (Å²) in [5, 5.41) is 17.5. The number of benzene rings is 2. The lowest BCUT2D eigenvalue weighted by atomic mass is 10.0. The van der Waals surface area contributed by atoms with E-state index in [9.17, 15) is 37.5 Å². The van der Waals surface area contributed by atoms with Gasteiger partial charge in [0.25, 0.3) is 0 Å². The molecule has 0 bridgehead atoms. The lowest BCUT2D eigenvalue weighted by Gasteiger charge is -2.27. The molecule has 0 spiro atoms. The zero-order valence-electron chi connectivity index (χ0n) is 24.8. The van der Waals surface area contributed by atoms with Gasteiger partial charge in [-0.1, -0.05) is 30.3 Å². The monoisotopic (exact) mass is 646 g/mol. The average Bonchev–Trinajstić information content (AvgIpc) is 3.03. The van der Waals surface area contributed by atoms with Crippen molar-refractivity contribution < 1.29 is 37.5 Å². The van der Waals surface area contributed by atoms with Crippen molar-refractivity contribution in [2.75, 3.05) is 38.1 Å². The van der Waals surface area contributed by atoms with Crippen LogP contribution in [0.4, 0.5) is 18.9 Å². The highest BCUT2D eigenvalue weighted by Gasteiger charge is 2.32. The SMILES string of the molecule is NCCN(CCN)C(=O)C[C@H](NC(=O)[C@H](N)CO)C(=O)N[C@@H](Cc1ccc(C(F)(F)F)cc1)C(=O)Nc1cnc2ccccc2c1. The van der Waals surface area contributed by atoms with Crippen LogP contribution in [0.5, 0.6) is 0 Å². The molecule has 3 rings (SSSR count). The van der Waals surface area contributed by atoms with Crippen molar-refractivity contribution in [1.82, 2.24) is 20.5 Å². The fraction of sp³-hybridized carbons (Fsp3) is 0.367. The highest BCUT2D eigenvalue weighted by molar-refractivity contribution is 6.00. The number of amides is 4. The molecule has 1 heterocycles. The summed E-state index contributed by atoms with van der Waals surface area (Å²) in [6, 6.07) is 8.46. The predicted octanol–water partition coefficient (Wildman–Crippen LogP) is -0.140. The number of halogens is 3. The molecule has 2 aromatic carbocycles. The van der Waals surface area contributed by atoms with E-state index >= 15 is 0 Å². The van der Waals surface area contributed by atoms with Gasteiger partial charge in [-0.25, -0.2) is 0 Å². The molecule has 3 atom stereocenters. The number of carbonyl (C=O) groups excluding carboxylic acids is 4. The van der Waals surface area contributed by atoms with Gasteiger partial charge in [0, 0.05) is 38.0 Å². The molecule has 46 heavy (non-hydrogen) atoms. The number of anilines is 1. The van der Waals surface area contributed by atoms with Crippen LogP contribution in [0, 0.1) is 0 Å². The fourth-order valence-corrected chi connectivity index (χ4v) is 4.46. The number of rotatable bonds is 15. The first-order valence-corrected chi connectivity index (χ1v) is 14.3. The Morgan fingerprint density at radius 2 is 1.52 bits per heavy atom. The van der Waals surface area contributed by atoms with Crippen LogP contribution in [0.2, 0.25) is 0 Å². The number of alkyl halides is 3. The quantitative estimate of drug-likeness (QED) is 0.117. The van der Waals surface area contributed by atoms with Crippen LogP contribution in [0.3, 0.4) is 0 Å². The number of hydrogen-bond acceptors (Lipinski definition) is 9. The largest absolute Gasteiger partial charge is 0.416 e. The molecule has 0 saturated heterocycles. The summed E-state index contributed by atoms with van der Waals surface area (Å²) in [4.78, 5) is 58.3. The van der Waals surface area contributed by atoms with E-state index in [-0.39, 0.29) is 43.9 Å². The van der Waals surface area contributed by atoms with Crippen LogP contribution >= 0.6 is 0 Å². The van der Waals surface area contributed by atoms with Gasteiger partial charge < -0.3 is 43.2 Å². The van der Waals surface area contributed by atoms with Gasteiger partial charge in [0.2, 0.25) is 23.6 Å². The van der Waals surface area contributed by atoms with E-state index in [1.54, 1.807) is 30.3 Å². The molecule has 0 saturated carbocycles. The maximum Gasteiger partial charge on any atom is 0.416 e. The second kappa shape index (κ2) is 16.6. The van der Waals surface area contributed by atoms with E-state index in [4.69, 9.17) is 17.2 Å². The maximum absolute atomic E-state index is 13.6. The third kappa shape index (κ3) is 10.2. The normalized spacial score (nSPS) is 13.4. The number of para-hydroxylation sites is 1. The molecule has 4 amide bonds. The third-order valence-corrected chi connectivity index (χ3v) is 6.91. The second-order valence-electron chi connectivity index (χ2n) is 10.4. The van der Waals surface area contributed by atoms with Crippen molar-refractivity contribution in [2.45, 2.75) is 37.1 Å². The van der Waals surface area contributed by atoms with Gasteiger partial charge in [0.1, 0.15) is 18.1 Å². The number of nitrogens with one attached hydrogen (secondary N) is 3. The van der Waals surface area contributed by atoms with Crippen molar-refractivity contribution in [1.29, 1.82) is 0 Å². The molecule has 0 aliphatic carbocycles. The smallest absolute Gasteiger partial charge is 0.394 e. The zero-order chi connectivity index (χ0) is 33.9. The molecule has 0 radical (unpaired) electrons. The van der Waals surface area contributed by atoms with Gasteiger partial charge in [-0.05, 0) is 29.8 Å². The lowest BCUT2D eigenvalue weighted by Crippen LogP contribution is -2.57. The fourth-order valence-electron chi connectivity index (χ4n) is 4.46. The molecule has 10 N–H and O–H groups in total. The minimum absolute atomic E-state index is 0.101. The summed E-state index contributed by atoms with van der Waals surface area (Å²) >= 11 is 0. The Morgan fingerprint density at radius 3 is 2.13 bits per heavy atom. The number of pyridine rings is 1. The Bertz CT molecular complexity index is 1500. The number of nitrogens with two attached hydrogens (primary N) is 3. The van der Waals surface area contributed by atoms with Crippen LogP contribution in [0.25, 0.3) is 10.9 Å². The van der Waals surface area contributed by atoms with Crippen LogP contribution < -0.4 is 33.2 Å². The summed E-state index contributed by atoms with van der Waals surface area (Å²) < 4.78 is 39.4. The van der Waals surface area contributed by atoms with E-state index < -0.39 is 66.5 Å². The predicted molar refractivity (Wildman–Crippen MR) is 164 cm³/mol. The number of aliphatic hydroxyl groups excluding tert-OH is 1. The molecule has 13 nitrogen and oxygen atoms in total. The number of carbonyl (C=O) groups is 4. The topological polar surface area (TPSA) is 219 Å². The van der Waals surface area contributed by atoms with Crippen molar-refractivity contribution in [3.05, 3.63) is 71.9 Å². The Hall–Kier alpha value is -4.64. The van der Waals surface area contributed by atoms with Gasteiger partial charge in [-0.15, -0.1) is 0 Å². The van der Waals surface area contributed by atoms with Crippen molar-refractivity contribution in [3.63, 3.8) is 0 Å². The van der Waals surface area contributed by atoms with Crippen LogP contribution in [-0.4, -0.2) is 89.5 Å². The number of fused-ring (bicyclic) bond motifs is 1. The number of aliphatic hydroxyl groups is 1. The summed E-state index contributed by atoms with van der Waals surface area (Å²) in [6.45, 7) is -0.313. The van der Waals surface area contributed by atoms with Crippen LogP contribution in [-0.2, 0) is 31.8 Å². The second-order valence-corrected chi connectivity index (χ2v) is 10.4. The van der Waals surface area contributed by atoms with Gasteiger partial charge in [-0.3, -0.25) is 24.2 Å². The molecule has 1 aromatic heterocycles. The minimum atomic E-state index is -4.58. The highest BCUT2D eigenvalue weighted by Crippen LogP contribution is 2.29. The third-order valence-electron chi connectivity index (χ3n) is 6.91. The Balaban J connectivity index is 1.91. The summed E-state index contributed by atoms with van der Waals surface area (Å²) in [7, 11) is 0. The molecule has 16 heteroatoms. The number of aromatic nitrogens is 1. The summed E-state index contributed by atoms with van der Waals surface area (Å²) in [5.74, 6) is -3.23. The Kier molecular flexibility index (Phi) is 12.9. The average molecular weight is 647 g/mol. The number of nitrogens with zero attached hydrogens (tertiary/aromatic N) is 2. The van der Waals surface area contributed by atoms with Crippen molar-refractivity contribution in [2.24, 2.45) is 17.2 Å². The van der Waals surface area contributed by atoms with E-state index in [0.717, 1.165) is 12.1 Å². The van der Waals surface area contributed by atoms with Gasteiger partial charge in [0.15, 0.2) is 0 Å². The van der Waals surface area contributed by atoms with Crippen molar-refractivity contribution in [3.8, 4) is 0 Å². The van der Waals surface area contributed by atoms with E-state index in [0.29, 0.717) is 10.9 Å². The van der Waals surface area contributed by atoms with Gasteiger partial charge in [0.05, 0.1) is 36.0 Å². The lowest BCUT2D eigenvalue weighted by molar-refractivity contribution is -0.138. The molecular weight excluding hydrogens is 609 g/mol. The first-order chi connectivity index (χ1) is 21.9. The molecular formula is C30H37F3N8O5. The first kappa shape index (κ1) is 35.8. The van der Waals surface area contributed by atoms with Gasteiger partial charge >= 0.3 is 6.18 Å². The summed E-state index contributed by atoms with van der Waals surface area (Å²) in [6.07, 6.45) is -4.01. The number of hydrogen-bond donors (Lipinski definition) is 7. The van der Waals surface area contributed by atoms with Gasteiger partial charge in [-0.2, -0.15) is 13.2 Å². The minimum Gasteiger partial charge on any atom is -0.394 e.